The molecule has 0 spiro atoms. The summed E-state index contributed by atoms with van der Waals surface area (Å²) < 4.78 is 20.7. The standard InChI is InChI=1S/C20H25FN4O5/c1-23-16(10-18(27)24(2)19(23)28)22-17(26)11-25-9-3-8-20(29,12-25)13-30-15-6-4-14(21)5-7-15/h4-7,10,29H,3,8-9,11-13H2,1-2H3,(H,22,26)/t20-/m0/s1. The number of hydrogen-bond acceptors (Lipinski definition) is 6. The van der Waals surface area contributed by atoms with E-state index in [-0.39, 0.29) is 31.3 Å². The van der Waals surface area contributed by atoms with Gasteiger partial charge in [-0.25, -0.2) is 9.18 Å². The number of aliphatic hydroxyl groups is 1. The number of anilines is 1. The van der Waals surface area contributed by atoms with E-state index in [0.717, 1.165) is 4.57 Å². The number of carbonyl (C=O) groups excluding carboxylic acids is 1. The van der Waals surface area contributed by atoms with E-state index in [4.69, 9.17) is 4.74 Å². The average molecular weight is 420 g/mol. The summed E-state index contributed by atoms with van der Waals surface area (Å²) in [6.07, 6.45) is 1.18. The number of β-amino-alcohol motifs (C(OH)–C–C–N with tert-alkyl or cyclic N) is 1. The summed E-state index contributed by atoms with van der Waals surface area (Å²) in [4.78, 5) is 38.0. The number of nitrogens with one attached hydrogen (secondary N) is 1. The third-order valence-corrected chi connectivity index (χ3v) is 5.12. The minimum absolute atomic E-state index is 0.0116. The van der Waals surface area contributed by atoms with Crippen molar-refractivity contribution in [2.75, 3.05) is 31.6 Å². The van der Waals surface area contributed by atoms with Crippen molar-refractivity contribution in [3.8, 4) is 5.75 Å². The Morgan fingerprint density at radius 1 is 1.23 bits per heavy atom. The van der Waals surface area contributed by atoms with Crippen LogP contribution in [0.1, 0.15) is 12.8 Å². The van der Waals surface area contributed by atoms with Gasteiger partial charge in [0.2, 0.25) is 5.91 Å². The molecule has 0 aliphatic carbocycles. The number of hydrogen-bond donors (Lipinski definition) is 2. The monoisotopic (exact) mass is 420 g/mol. The van der Waals surface area contributed by atoms with Crippen LogP contribution in [-0.4, -0.2) is 56.9 Å². The Kier molecular flexibility index (Phi) is 6.37. The number of amides is 1. The maximum Gasteiger partial charge on any atom is 0.332 e. The predicted molar refractivity (Wildman–Crippen MR) is 108 cm³/mol. The van der Waals surface area contributed by atoms with Crippen LogP contribution in [0.5, 0.6) is 5.75 Å². The molecule has 162 valence electrons. The van der Waals surface area contributed by atoms with Crippen molar-refractivity contribution in [3.63, 3.8) is 0 Å². The molecule has 1 aromatic carbocycles. The van der Waals surface area contributed by atoms with Crippen LogP contribution in [0, 0.1) is 5.82 Å². The van der Waals surface area contributed by atoms with Crippen molar-refractivity contribution in [1.82, 2.24) is 14.0 Å². The lowest BCUT2D eigenvalue weighted by Gasteiger charge is -2.38. The largest absolute Gasteiger partial charge is 0.491 e. The topological polar surface area (TPSA) is 106 Å². The number of carbonyl (C=O) groups is 1. The predicted octanol–water partition coefficient (Wildman–Crippen LogP) is 0.0675. The fourth-order valence-corrected chi connectivity index (χ4v) is 3.45. The maximum atomic E-state index is 13.0. The second-order valence-electron chi connectivity index (χ2n) is 7.60. The molecule has 3 rings (SSSR count). The molecule has 1 aliphatic rings. The summed E-state index contributed by atoms with van der Waals surface area (Å²) in [5, 5.41) is 13.4. The molecule has 1 aliphatic heterocycles. The summed E-state index contributed by atoms with van der Waals surface area (Å²) in [6, 6.07) is 6.72. The number of aromatic nitrogens is 2. The molecule has 1 saturated heterocycles. The number of benzene rings is 1. The Morgan fingerprint density at radius 2 is 1.93 bits per heavy atom. The van der Waals surface area contributed by atoms with Gasteiger partial charge in [0.05, 0.1) is 6.54 Å². The number of likely N-dealkylation sites (tertiary alicyclic amines) is 1. The van der Waals surface area contributed by atoms with Crippen molar-refractivity contribution < 1.29 is 19.0 Å². The Balaban J connectivity index is 1.59. The fourth-order valence-electron chi connectivity index (χ4n) is 3.45. The highest BCUT2D eigenvalue weighted by molar-refractivity contribution is 5.91. The van der Waals surface area contributed by atoms with Gasteiger partial charge in [-0.2, -0.15) is 0 Å². The number of halogens is 1. The Labute approximate surface area is 172 Å². The summed E-state index contributed by atoms with van der Waals surface area (Å²) in [5.41, 5.74) is -2.20. The quantitative estimate of drug-likeness (QED) is 0.685. The Morgan fingerprint density at radius 3 is 2.63 bits per heavy atom. The van der Waals surface area contributed by atoms with E-state index in [1.54, 1.807) is 4.90 Å². The van der Waals surface area contributed by atoms with Crippen molar-refractivity contribution >= 4 is 11.7 Å². The van der Waals surface area contributed by atoms with E-state index >= 15 is 0 Å². The molecule has 9 nitrogen and oxygen atoms in total. The molecule has 0 bridgehead atoms. The van der Waals surface area contributed by atoms with Crippen molar-refractivity contribution in [2.24, 2.45) is 14.1 Å². The highest BCUT2D eigenvalue weighted by atomic mass is 19.1. The normalized spacial score (nSPS) is 19.5. The molecule has 30 heavy (non-hydrogen) atoms. The van der Waals surface area contributed by atoms with E-state index in [1.165, 1.54) is 49.0 Å². The van der Waals surface area contributed by atoms with E-state index in [2.05, 4.69) is 5.32 Å². The SMILES string of the molecule is Cn1c(NC(=O)CN2CCC[C@@](O)(COc3ccc(F)cc3)C2)cc(=O)n(C)c1=O. The molecule has 10 heteroatoms. The van der Waals surface area contributed by atoms with Gasteiger partial charge < -0.3 is 15.2 Å². The first-order chi connectivity index (χ1) is 14.2. The van der Waals surface area contributed by atoms with Gasteiger partial charge in [-0.05, 0) is 43.7 Å². The van der Waals surface area contributed by atoms with E-state index < -0.39 is 22.8 Å². The molecular formula is C20H25FN4O5. The minimum atomic E-state index is -1.15. The fraction of sp³-hybridized carbons (Fsp3) is 0.450. The molecule has 0 radical (unpaired) electrons. The van der Waals surface area contributed by atoms with Crippen LogP contribution in [0.4, 0.5) is 10.2 Å². The lowest BCUT2D eigenvalue weighted by atomic mass is 9.93. The molecule has 1 atom stereocenters. The van der Waals surface area contributed by atoms with Crippen molar-refractivity contribution in [1.29, 1.82) is 0 Å². The molecule has 0 saturated carbocycles. The molecule has 1 amide bonds. The smallest absolute Gasteiger partial charge is 0.332 e. The van der Waals surface area contributed by atoms with Gasteiger partial charge in [-0.1, -0.05) is 0 Å². The molecule has 1 aromatic heterocycles. The second-order valence-corrected chi connectivity index (χ2v) is 7.60. The van der Waals surface area contributed by atoms with Gasteiger partial charge in [0.15, 0.2) is 0 Å². The first-order valence-electron chi connectivity index (χ1n) is 9.57. The first-order valence-corrected chi connectivity index (χ1v) is 9.57. The van der Waals surface area contributed by atoms with Crippen molar-refractivity contribution in [2.45, 2.75) is 18.4 Å². The first kappa shape index (κ1) is 21.7. The number of nitrogens with zero attached hydrogens (tertiary/aromatic N) is 3. The Hall–Kier alpha value is -2.98. The van der Waals surface area contributed by atoms with E-state index in [1.807, 2.05) is 0 Å². The van der Waals surface area contributed by atoms with Gasteiger partial charge in [0.1, 0.15) is 29.6 Å². The van der Waals surface area contributed by atoms with Gasteiger partial charge >= 0.3 is 5.69 Å². The van der Waals surface area contributed by atoms with Gasteiger partial charge in [-0.3, -0.25) is 23.6 Å². The molecular weight excluding hydrogens is 395 g/mol. The second kappa shape index (κ2) is 8.80. The van der Waals surface area contributed by atoms with Crippen molar-refractivity contribution in [3.05, 3.63) is 57.0 Å². The zero-order chi connectivity index (χ0) is 21.9. The number of rotatable bonds is 6. The zero-order valence-electron chi connectivity index (χ0n) is 16.9. The van der Waals surface area contributed by atoms with Crippen LogP contribution >= 0.6 is 0 Å². The van der Waals surface area contributed by atoms with Crippen LogP contribution in [0.2, 0.25) is 0 Å². The lowest BCUT2D eigenvalue weighted by Crippen LogP contribution is -2.53. The van der Waals surface area contributed by atoms with E-state index in [0.29, 0.717) is 25.1 Å². The molecule has 2 aromatic rings. The molecule has 0 unspecified atom stereocenters. The molecule has 2 N–H and O–H groups in total. The lowest BCUT2D eigenvalue weighted by molar-refractivity contribution is -0.120. The summed E-state index contributed by atoms with van der Waals surface area (Å²) >= 11 is 0. The maximum absolute atomic E-state index is 13.0. The van der Waals surface area contributed by atoms with E-state index in [9.17, 15) is 23.9 Å². The third-order valence-electron chi connectivity index (χ3n) is 5.12. The molecule has 1 fully saturated rings. The van der Waals surface area contributed by atoms with Crippen LogP contribution in [0.25, 0.3) is 0 Å². The summed E-state index contributed by atoms with van der Waals surface area (Å²) in [5.74, 6) is -0.210. The minimum Gasteiger partial charge on any atom is -0.491 e. The van der Waals surface area contributed by atoms with Crippen LogP contribution in [0.3, 0.4) is 0 Å². The number of ether oxygens (including phenoxy) is 1. The van der Waals surface area contributed by atoms with Crippen LogP contribution < -0.4 is 21.3 Å². The van der Waals surface area contributed by atoms with Gasteiger partial charge in [-0.15, -0.1) is 0 Å². The third kappa shape index (κ3) is 5.14. The highest BCUT2D eigenvalue weighted by Gasteiger charge is 2.34. The number of piperidine rings is 1. The van der Waals surface area contributed by atoms with Gasteiger partial charge in [0.25, 0.3) is 5.56 Å². The Bertz CT molecular complexity index is 1030. The zero-order valence-corrected chi connectivity index (χ0v) is 16.9. The summed E-state index contributed by atoms with van der Waals surface area (Å²) in [7, 11) is 2.82. The van der Waals surface area contributed by atoms with Gasteiger partial charge in [0, 0.05) is 26.7 Å². The average Bonchev–Trinajstić information content (AvgIpc) is 2.70. The van der Waals surface area contributed by atoms with Crippen LogP contribution in [-0.2, 0) is 18.9 Å². The van der Waals surface area contributed by atoms with Crippen LogP contribution in [0.15, 0.2) is 39.9 Å². The molecule has 2 heterocycles. The highest BCUT2D eigenvalue weighted by Crippen LogP contribution is 2.23. The summed E-state index contributed by atoms with van der Waals surface area (Å²) in [6.45, 7) is 0.834.